The summed E-state index contributed by atoms with van der Waals surface area (Å²) >= 11 is 0. The van der Waals surface area contributed by atoms with Crippen LogP contribution in [-0.2, 0) is 29.1 Å². The number of rotatable bonds is 4. The van der Waals surface area contributed by atoms with Crippen LogP contribution in [0.4, 0.5) is 0 Å². The van der Waals surface area contributed by atoms with E-state index in [4.69, 9.17) is 4.74 Å². The average molecular weight is 431 g/mol. The van der Waals surface area contributed by atoms with Crippen LogP contribution in [0.5, 0.6) is 0 Å². The number of ether oxygens (including phenoxy) is 1. The molecule has 0 radical (unpaired) electrons. The number of nitrogens with zero attached hydrogens (tertiary/aromatic N) is 4. The molecule has 2 aliphatic rings. The fraction of sp³-hybridized carbons (Fsp3) is 0.360. The van der Waals surface area contributed by atoms with Crippen molar-refractivity contribution in [1.82, 2.24) is 19.4 Å². The summed E-state index contributed by atoms with van der Waals surface area (Å²) in [6, 6.07) is 13.4. The molecular weight excluding hydrogens is 404 g/mol. The predicted octanol–water partition coefficient (Wildman–Crippen LogP) is 2.69. The number of amides is 1. The number of benzene rings is 1. The Kier molecular flexibility index (Phi) is 5.81. The van der Waals surface area contributed by atoms with E-state index in [0.717, 1.165) is 18.4 Å². The van der Waals surface area contributed by atoms with E-state index in [1.54, 1.807) is 29.4 Å². The zero-order valence-electron chi connectivity index (χ0n) is 17.9. The van der Waals surface area contributed by atoms with Gasteiger partial charge in [0.25, 0.3) is 11.5 Å². The van der Waals surface area contributed by atoms with Gasteiger partial charge in [0.15, 0.2) is 0 Å². The standard InChI is InChI=1S/C25H26N4O3/c30-24-13-22(20-6-3-9-26-14-20)27-17-29(24)15-18-7-10-28(11-8-18)25(31)23-12-19-4-1-2-5-21(19)16-32-23/h1-6,9,13-14,17-18,23H,7-8,10-12,15-16H2. The normalized spacial score (nSPS) is 18.9. The lowest BCUT2D eigenvalue weighted by Gasteiger charge is -2.35. The number of aromatic nitrogens is 3. The molecule has 0 saturated carbocycles. The Labute approximate surface area is 186 Å². The maximum absolute atomic E-state index is 13.0. The third-order valence-electron chi connectivity index (χ3n) is 6.46. The van der Waals surface area contributed by atoms with Crippen LogP contribution in [-0.4, -0.2) is 44.5 Å². The molecule has 4 heterocycles. The first-order valence-corrected chi connectivity index (χ1v) is 11.1. The zero-order valence-corrected chi connectivity index (χ0v) is 17.9. The summed E-state index contributed by atoms with van der Waals surface area (Å²) in [6.07, 6.45) is 6.99. The average Bonchev–Trinajstić information content (AvgIpc) is 2.85. The number of likely N-dealkylation sites (tertiary alicyclic amines) is 1. The van der Waals surface area contributed by atoms with Crippen molar-refractivity contribution in [2.45, 2.75) is 38.5 Å². The van der Waals surface area contributed by atoms with Crippen molar-refractivity contribution in [3.8, 4) is 11.3 Å². The minimum Gasteiger partial charge on any atom is -0.363 e. The van der Waals surface area contributed by atoms with Crippen LogP contribution >= 0.6 is 0 Å². The number of hydrogen-bond acceptors (Lipinski definition) is 5. The van der Waals surface area contributed by atoms with Crippen molar-refractivity contribution in [3.05, 3.63) is 82.7 Å². The summed E-state index contributed by atoms with van der Waals surface area (Å²) in [7, 11) is 0. The Morgan fingerprint density at radius 3 is 2.66 bits per heavy atom. The van der Waals surface area contributed by atoms with Gasteiger partial charge >= 0.3 is 0 Å². The Hall–Kier alpha value is -3.32. The zero-order chi connectivity index (χ0) is 21.9. The molecule has 1 aromatic carbocycles. The van der Waals surface area contributed by atoms with E-state index in [9.17, 15) is 9.59 Å². The number of carbonyl (C=O) groups is 1. The Morgan fingerprint density at radius 2 is 1.91 bits per heavy atom. The van der Waals surface area contributed by atoms with Gasteiger partial charge in [0.05, 0.1) is 18.6 Å². The molecule has 1 atom stereocenters. The van der Waals surface area contributed by atoms with Crippen LogP contribution < -0.4 is 5.56 Å². The van der Waals surface area contributed by atoms with Crippen LogP contribution in [0.3, 0.4) is 0 Å². The molecule has 7 nitrogen and oxygen atoms in total. The molecule has 164 valence electrons. The van der Waals surface area contributed by atoms with E-state index in [0.29, 0.717) is 44.3 Å². The van der Waals surface area contributed by atoms with E-state index >= 15 is 0 Å². The summed E-state index contributed by atoms with van der Waals surface area (Å²) in [4.78, 5) is 36.0. The number of pyridine rings is 1. The fourth-order valence-corrected chi connectivity index (χ4v) is 4.56. The van der Waals surface area contributed by atoms with Gasteiger partial charge < -0.3 is 9.64 Å². The van der Waals surface area contributed by atoms with Gasteiger partial charge in [-0.15, -0.1) is 0 Å². The van der Waals surface area contributed by atoms with Crippen molar-refractivity contribution in [1.29, 1.82) is 0 Å². The first kappa shape index (κ1) is 20.6. The molecular formula is C25H26N4O3. The molecule has 32 heavy (non-hydrogen) atoms. The van der Waals surface area contributed by atoms with Gasteiger partial charge in [0, 0.05) is 50.1 Å². The van der Waals surface area contributed by atoms with Crippen LogP contribution in [0, 0.1) is 5.92 Å². The van der Waals surface area contributed by atoms with Crippen LogP contribution in [0.25, 0.3) is 11.3 Å². The van der Waals surface area contributed by atoms with Crippen molar-refractivity contribution < 1.29 is 9.53 Å². The van der Waals surface area contributed by atoms with E-state index in [1.165, 1.54) is 11.1 Å². The lowest BCUT2D eigenvalue weighted by molar-refractivity contribution is -0.147. The topological polar surface area (TPSA) is 77.3 Å². The number of fused-ring (bicyclic) bond motifs is 1. The molecule has 2 aromatic heterocycles. The minimum absolute atomic E-state index is 0.0633. The first-order chi connectivity index (χ1) is 15.7. The molecule has 0 bridgehead atoms. The second kappa shape index (κ2) is 9.04. The maximum atomic E-state index is 13.0. The van der Waals surface area contributed by atoms with Crippen molar-refractivity contribution in [3.63, 3.8) is 0 Å². The molecule has 0 N–H and O–H groups in total. The second-order valence-corrected chi connectivity index (χ2v) is 8.55. The molecule has 1 saturated heterocycles. The highest BCUT2D eigenvalue weighted by molar-refractivity contribution is 5.81. The van der Waals surface area contributed by atoms with Crippen molar-refractivity contribution in [2.75, 3.05) is 13.1 Å². The molecule has 1 amide bonds. The molecule has 3 aromatic rings. The van der Waals surface area contributed by atoms with E-state index in [-0.39, 0.29) is 11.5 Å². The maximum Gasteiger partial charge on any atom is 0.253 e. The number of hydrogen-bond donors (Lipinski definition) is 0. The van der Waals surface area contributed by atoms with Crippen LogP contribution in [0.15, 0.2) is 66.0 Å². The SMILES string of the molecule is O=C(C1Cc2ccccc2CO1)N1CCC(Cn2cnc(-c3cccnc3)cc2=O)CC1. The lowest BCUT2D eigenvalue weighted by atomic mass is 9.94. The van der Waals surface area contributed by atoms with Gasteiger partial charge in [-0.1, -0.05) is 24.3 Å². The van der Waals surface area contributed by atoms with Gasteiger partial charge in [-0.2, -0.15) is 0 Å². The minimum atomic E-state index is -0.395. The molecule has 5 rings (SSSR count). The summed E-state index contributed by atoms with van der Waals surface area (Å²) in [5.74, 6) is 0.424. The summed E-state index contributed by atoms with van der Waals surface area (Å²) < 4.78 is 7.53. The molecule has 1 unspecified atom stereocenters. The summed E-state index contributed by atoms with van der Waals surface area (Å²) in [6.45, 7) is 2.50. The van der Waals surface area contributed by atoms with E-state index in [2.05, 4.69) is 22.1 Å². The Balaban J connectivity index is 1.17. The lowest BCUT2D eigenvalue weighted by Crippen LogP contribution is -2.47. The highest BCUT2D eigenvalue weighted by Gasteiger charge is 2.31. The fourth-order valence-electron chi connectivity index (χ4n) is 4.56. The molecule has 1 fully saturated rings. The highest BCUT2D eigenvalue weighted by Crippen LogP contribution is 2.24. The Morgan fingerprint density at radius 1 is 1.09 bits per heavy atom. The van der Waals surface area contributed by atoms with Crippen molar-refractivity contribution in [2.24, 2.45) is 5.92 Å². The third kappa shape index (κ3) is 4.34. The summed E-state index contributed by atoms with van der Waals surface area (Å²) in [5.41, 5.74) is 3.77. The summed E-state index contributed by atoms with van der Waals surface area (Å²) in [5, 5.41) is 0. The van der Waals surface area contributed by atoms with Crippen molar-refractivity contribution >= 4 is 5.91 Å². The first-order valence-electron chi connectivity index (χ1n) is 11.1. The number of piperidine rings is 1. The number of carbonyl (C=O) groups excluding carboxylic acids is 1. The van der Waals surface area contributed by atoms with Crippen LogP contribution in [0.1, 0.15) is 24.0 Å². The predicted molar refractivity (Wildman–Crippen MR) is 120 cm³/mol. The van der Waals surface area contributed by atoms with Gasteiger partial charge in [-0.3, -0.25) is 19.1 Å². The third-order valence-corrected chi connectivity index (χ3v) is 6.46. The second-order valence-electron chi connectivity index (χ2n) is 8.55. The smallest absolute Gasteiger partial charge is 0.253 e. The largest absolute Gasteiger partial charge is 0.363 e. The van der Waals surface area contributed by atoms with Gasteiger partial charge in [0.1, 0.15) is 6.10 Å². The highest BCUT2D eigenvalue weighted by atomic mass is 16.5. The monoisotopic (exact) mass is 430 g/mol. The molecule has 2 aliphatic heterocycles. The van der Waals surface area contributed by atoms with E-state index in [1.807, 2.05) is 29.2 Å². The molecule has 0 aliphatic carbocycles. The molecule has 0 spiro atoms. The van der Waals surface area contributed by atoms with Crippen LogP contribution in [0.2, 0.25) is 0 Å². The van der Waals surface area contributed by atoms with Gasteiger partial charge in [-0.05, 0) is 42.0 Å². The van der Waals surface area contributed by atoms with Gasteiger partial charge in [-0.25, -0.2) is 4.98 Å². The quantitative estimate of drug-likeness (QED) is 0.636. The van der Waals surface area contributed by atoms with Gasteiger partial charge in [0.2, 0.25) is 0 Å². The molecule has 7 heteroatoms. The Bertz CT molecular complexity index is 1150. The van der Waals surface area contributed by atoms with E-state index < -0.39 is 6.10 Å².